The number of pyridine rings is 1. The molecule has 1 fully saturated rings. The van der Waals surface area contributed by atoms with Crippen molar-refractivity contribution < 1.29 is 9.53 Å². The Bertz CT molecular complexity index is 658. The standard InChI is InChI=1S/C17H19N3O2.ClH/c1-12-10-13(20-17(21)15-5-3-9-19-15)6-7-16(12)22-14-4-2-8-18-11-14;/h2,4,6-8,10-11,15,19H,3,5,9H2,1H3,(H,20,21);1H. The fraction of sp³-hybridized carbons (Fsp3) is 0.294. The summed E-state index contributed by atoms with van der Waals surface area (Å²) in [5.74, 6) is 1.47. The lowest BCUT2D eigenvalue weighted by atomic mass is 10.1. The lowest BCUT2D eigenvalue weighted by molar-refractivity contribution is -0.117. The van der Waals surface area contributed by atoms with Gasteiger partial charge in [-0.1, -0.05) is 0 Å². The number of hydrogen-bond acceptors (Lipinski definition) is 4. The Balaban J connectivity index is 0.00000192. The van der Waals surface area contributed by atoms with Crippen molar-refractivity contribution in [1.82, 2.24) is 10.3 Å². The minimum atomic E-state index is -0.0772. The van der Waals surface area contributed by atoms with Crippen molar-refractivity contribution in [2.24, 2.45) is 0 Å². The fourth-order valence-corrected chi connectivity index (χ4v) is 2.51. The molecule has 1 aromatic carbocycles. The van der Waals surface area contributed by atoms with Crippen molar-refractivity contribution in [3.8, 4) is 11.5 Å². The molecule has 1 aliphatic rings. The van der Waals surface area contributed by atoms with E-state index in [1.54, 1.807) is 12.4 Å². The maximum Gasteiger partial charge on any atom is 0.241 e. The first-order chi connectivity index (χ1) is 10.7. The topological polar surface area (TPSA) is 63.2 Å². The first-order valence-electron chi connectivity index (χ1n) is 7.45. The minimum Gasteiger partial charge on any atom is -0.455 e. The molecule has 0 aliphatic carbocycles. The van der Waals surface area contributed by atoms with E-state index in [2.05, 4.69) is 15.6 Å². The van der Waals surface area contributed by atoms with Gasteiger partial charge < -0.3 is 15.4 Å². The number of nitrogens with one attached hydrogen (secondary N) is 2. The molecule has 5 nitrogen and oxygen atoms in total. The van der Waals surface area contributed by atoms with Crippen LogP contribution in [0.2, 0.25) is 0 Å². The Kier molecular flexibility index (Phi) is 5.96. The number of hydrogen-bond donors (Lipinski definition) is 2. The third-order valence-corrected chi connectivity index (χ3v) is 3.68. The molecule has 0 radical (unpaired) electrons. The average molecular weight is 334 g/mol. The van der Waals surface area contributed by atoms with E-state index in [0.717, 1.165) is 36.4 Å². The number of ether oxygens (including phenoxy) is 1. The number of nitrogens with zero attached hydrogens (tertiary/aromatic N) is 1. The van der Waals surface area contributed by atoms with Crippen molar-refractivity contribution in [3.05, 3.63) is 48.3 Å². The van der Waals surface area contributed by atoms with Crippen molar-refractivity contribution in [2.75, 3.05) is 11.9 Å². The van der Waals surface area contributed by atoms with Crippen LogP contribution in [0, 0.1) is 6.92 Å². The number of aryl methyl sites for hydroxylation is 1. The van der Waals surface area contributed by atoms with E-state index in [1.165, 1.54) is 0 Å². The molecule has 1 saturated heterocycles. The van der Waals surface area contributed by atoms with Gasteiger partial charge in [0.15, 0.2) is 0 Å². The van der Waals surface area contributed by atoms with Crippen molar-refractivity contribution >= 4 is 24.0 Å². The highest BCUT2D eigenvalue weighted by molar-refractivity contribution is 5.95. The molecule has 1 atom stereocenters. The highest BCUT2D eigenvalue weighted by atomic mass is 35.5. The van der Waals surface area contributed by atoms with Crippen LogP contribution >= 0.6 is 12.4 Å². The van der Waals surface area contributed by atoms with Crippen molar-refractivity contribution in [3.63, 3.8) is 0 Å². The maximum absolute atomic E-state index is 12.1. The van der Waals surface area contributed by atoms with Gasteiger partial charge in [0.1, 0.15) is 11.5 Å². The number of anilines is 1. The highest BCUT2D eigenvalue weighted by Crippen LogP contribution is 2.27. The van der Waals surface area contributed by atoms with E-state index in [-0.39, 0.29) is 24.4 Å². The molecule has 3 rings (SSSR count). The van der Waals surface area contributed by atoms with Crippen LogP contribution in [0.3, 0.4) is 0 Å². The summed E-state index contributed by atoms with van der Waals surface area (Å²) in [4.78, 5) is 16.1. The van der Waals surface area contributed by atoms with Crippen LogP contribution in [-0.4, -0.2) is 23.5 Å². The predicted octanol–water partition coefficient (Wildman–Crippen LogP) is 3.29. The van der Waals surface area contributed by atoms with E-state index in [0.29, 0.717) is 5.75 Å². The summed E-state index contributed by atoms with van der Waals surface area (Å²) in [7, 11) is 0. The minimum absolute atomic E-state index is 0. The van der Waals surface area contributed by atoms with Gasteiger partial charge in [0.25, 0.3) is 0 Å². The summed E-state index contributed by atoms with van der Waals surface area (Å²) < 4.78 is 5.78. The molecule has 2 heterocycles. The van der Waals surface area contributed by atoms with E-state index in [1.807, 2.05) is 37.3 Å². The normalized spacial score (nSPS) is 16.5. The average Bonchev–Trinajstić information content (AvgIpc) is 3.05. The van der Waals surface area contributed by atoms with Crippen LogP contribution in [-0.2, 0) is 4.79 Å². The molecule has 1 amide bonds. The van der Waals surface area contributed by atoms with Gasteiger partial charge in [0.05, 0.1) is 12.2 Å². The third-order valence-electron chi connectivity index (χ3n) is 3.68. The Morgan fingerprint density at radius 2 is 2.26 bits per heavy atom. The maximum atomic E-state index is 12.1. The van der Waals surface area contributed by atoms with E-state index >= 15 is 0 Å². The van der Waals surface area contributed by atoms with Crippen LogP contribution in [0.25, 0.3) is 0 Å². The van der Waals surface area contributed by atoms with Crippen LogP contribution in [0.1, 0.15) is 18.4 Å². The van der Waals surface area contributed by atoms with Gasteiger partial charge in [-0.3, -0.25) is 9.78 Å². The van der Waals surface area contributed by atoms with E-state index < -0.39 is 0 Å². The summed E-state index contributed by atoms with van der Waals surface area (Å²) in [5.41, 5.74) is 1.75. The SMILES string of the molecule is Cc1cc(NC(=O)C2CCCN2)ccc1Oc1cccnc1.Cl. The molecular weight excluding hydrogens is 314 g/mol. The van der Waals surface area contributed by atoms with Crippen LogP contribution in [0.4, 0.5) is 5.69 Å². The molecule has 23 heavy (non-hydrogen) atoms. The third kappa shape index (κ3) is 4.43. The van der Waals surface area contributed by atoms with Crippen molar-refractivity contribution in [1.29, 1.82) is 0 Å². The second kappa shape index (κ2) is 7.94. The lowest BCUT2D eigenvalue weighted by Crippen LogP contribution is -2.35. The second-order valence-electron chi connectivity index (χ2n) is 5.41. The fourth-order valence-electron chi connectivity index (χ4n) is 2.51. The van der Waals surface area contributed by atoms with Crippen molar-refractivity contribution in [2.45, 2.75) is 25.8 Å². The van der Waals surface area contributed by atoms with Crippen LogP contribution < -0.4 is 15.4 Å². The molecule has 0 spiro atoms. The summed E-state index contributed by atoms with van der Waals surface area (Å²) >= 11 is 0. The molecule has 1 aliphatic heterocycles. The number of benzene rings is 1. The Labute approximate surface area is 141 Å². The number of carbonyl (C=O) groups excluding carboxylic acids is 1. The van der Waals surface area contributed by atoms with E-state index in [4.69, 9.17) is 4.74 Å². The molecule has 2 aromatic rings. The van der Waals surface area contributed by atoms with Gasteiger partial charge in [-0.05, 0) is 62.2 Å². The number of carbonyl (C=O) groups is 1. The number of halogens is 1. The molecule has 1 aromatic heterocycles. The molecule has 6 heteroatoms. The van der Waals surface area contributed by atoms with Gasteiger partial charge in [-0.25, -0.2) is 0 Å². The smallest absolute Gasteiger partial charge is 0.241 e. The Morgan fingerprint density at radius 1 is 1.39 bits per heavy atom. The Morgan fingerprint density at radius 3 is 2.91 bits per heavy atom. The second-order valence-corrected chi connectivity index (χ2v) is 5.41. The molecule has 2 N–H and O–H groups in total. The molecule has 122 valence electrons. The zero-order chi connectivity index (χ0) is 15.4. The summed E-state index contributed by atoms with van der Waals surface area (Å²) in [6, 6.07) is 9.23. The van der Waals surface area contributed by atoms with Crippen LogP contribution in [0.15, 0.2) is 42.7 Å². The summed E-state index contributed by atoms with van der Waals surface area (Å²) in [6.07, 6.45) is 5.32. The molecule has 0 saturated carbocycles. The lowest BCUT2D eigenvalue weighted by Gasteiger charge is -2.13. The molecule has 0 bridgehead atoms. The van der Waals surface area contributed by atoms with Gasteiger partial charge in [0.2, 0.25) is 5.91 Å². The highest BCUT2D eigenvalue weighted by Gasteiger charge is 2.21. The molecular formula is C17H20ClN3O2. The van der Waals surface area contributed by atoms with Gasteiger partial charge >= 0.3 is 0 Å². The first kappa shape index (κ1) is 17.2. The zero-order valence-electron chi connectivity index (χ0n) is 12.9. The van der Waals surface area contributed by atoms with Crippen LogP contribution in [0.5, 0.6) is 11.5 Å². The first-order valence-corrected chi connectivity index (χ1v) is 7.45. The quantitative estimate of drug-likeness (QED) is 0.901. The summed E-state index contributed by atoms with van der Waals surface area (Å²) in [6.45, 7) is 2.87. The molecule has 1 unspecified atom stereocenters. The predicted molar refractivity (Wildman–Crippen MR) is 92.4 cm³/mol. The number of amides is 1. The van der Waals surface area contributed by atoms with E-state index in [9.17, 15) is 4.79 Å². The Hall–Kier alpha value is -2.11. The monoisotopic (exact) mass is 333 g/mol. The van der Waals surface area contributed by atoms with Gasteiger partial charge in [-0.15, -0.1) is 12.4 Å². The van der Waals surface area contributed by atoms with Gasteiger partial charge in [-0.2, -0.15) is 0 Å². The van der Waals surface area contributed by atoms with Gasteiger partial charge in [0, 0.05) is 11.9 Å². The largest absolute Gasteiger partial charge is 0.455 e. The zero-order valence-corrected chi connectivity index (χ0v) is 13.7. The number of aromatic nitrogens is 1. The number of rotatable bonds is 4. The summed E-state index contributed by atoms with van der Waals surface area (Å²) in [5, 5.41) is 6.14.